The standard InChI is InChI=1S/C25H22F4N2O4S/c26-20-8-12-22(13-9-20)36(33,34)31-14-2-5-23(31)24(32)30-16-17-3-1-4-19(15-17)18-6-10-21(11-7-18)35-25(27,28)29/h1,3-4,6-13,15,23H,2,5,14,16H2,(H,30,32)/t23-/m0/s1. The molecular formula is C25H22F4N2O4S. The van der Waals surface area contributed by atoms with Crippen LogP contribution in [0.5, 0.6) is 5.75 Å². The first-order valence-electron chi connectivity index (χ1n) is 11.0. The first-order valence-corrected chi connectivity index (χ1v) is 12.5. The van der Waals surface area contributed by atoms with Crippen molar-refractivity contribution in [1.82, 2.24) is 9.62 Å². The van der Waals surface area contributed by atoms with Crippen LogP contribution in [0.2, 0.25) is 0 Å². The predicted molar refractivity (Wildman–Crippen MR) is 124 cm³/mol. The Labute approximate surface area is 205 Å². The molecule has 1 N–H and O–H groups in total. The molecule has 0 saturated carbocycles. The molecule has 0 radical (unpaired) electrons. The Morgan fingerprint density at radius 2 is 1.69 bits per heavy atom. The number of halogens is 4. The molecule has 36 heavy (non-hydrogen) atoms. The second-order valence-electron chi connectivity index (χ2n) is 8.22. The van der Waals surface area contributed by atoms with Gasteiger partial charge in [-0.05, 0) is 72.0 Å². The van der Waals surface area contributed by atoms with Gasteiger partial charge in [0.05, 0.1) is 4.90 Å². The molecule has 1 heterocycles. The van der Waals surface area contributed by atoms with Gasteiger partial charge in [0.1, 0.15) is 17.6 Å². The molecule has 1 amide bonds. The fraction of sp³-hybridized carbons (Fsp3) is 0.240. The number of carbonyl (C=O) groups is 1. The third-order valence-corrected chi connectivity index (χ3v) is 7.66. The van der Waals surface area contributed by atoms with Crippen molar-refractivity contribution in [3.63, 3.8) is 0 Å². The van der Waals surface area contributed by atoms with Crippen molar-refractivity contribution < 1.29 is 35.5 Å². The van der Waals surface area contributed by atoms with Crippen LogP contribution in [-0.4, -0.2) is 37.6 Å². The first-order chi connectivity index (χ1) is 17.0. The van der Waals surface area contributed by atoms with Crippen LogP contribution < -0.4 is 10.1 Å². The summed E-state index contributed by atoms with van der Waals surface area (Å²) in [5.74, 6) is -1.33. The number of nitrogens with zero attached hydrogens (tertiary/aromatic N) is 1. The lowest BCUT2D eigenvalue weighted by molar-refractivity contribution is -0.274. The topological polar surface area (TPSA) is 75.7 Å². The van der Waals surface area contributed by atoms with Crippen LogP contribution in [0.15, 0.2) is 77.7 Å². The lowest BCUT2D eigenvalue weighted by Gasteiger charge is -2.23. The zero-order valence-corrected chi connectivity index (χ0v) is 19.7. The Morgan fingerprint density at radius 1 is 1.00 bits per heavy atom. The van der Waals surface area contributed by atoms with Gasteiger partial charge >= 0.3 is 6.36 Å². The summed E-state index contributed by atoms with van der Waals surface area (Å²) in [6.45, 7) is 0.310. The van der Waals surface area contributed by atoms with Crippen molar-refractivity contribution in [2.75, 3.05) is 6.54 Å². The molecule has 1 fully saturated rings. The van der Waals surface area contributed by atoms with E-state index in [4.69, 9.17) is 0 Å². The minimum atomic E-state index is -4.77. The summed E-state index contributed by atoms with van der Waals surface area (Å²) in [5, 5.41) is 2.77. The number of alkyl halides is 3. The van der Waals surface area contributed by atoms with Crippen molar-refractivity contribution in [1.29, 1.82) is 0 Å². The minimum Gasteiger partial charge on any atom is -0.406 e. The zero-order chi connectivity index (χ0) is 25.9. The van der Waals surface area contributed by atoms with E-state index in [9.17, 15) is 30.8 Å². The second kappa shape index (κ2) is 10.3. The summed E-state index contributed by atoms with van der Waals surface area (Å²) in [6.07, 6.45) is -3.90. The molecule has 1 atom stereocenters. The molecule has 11 heteroatoms. The molecule has 0 unspecified atom stereocenters. The average Bonchev–Trinajstić information content (AvgIpc) is 3.34. The number of amides is 1. The lowest BCUT2D eigenvalue weighted by atomic mass is 10.0. The molecule has 0 bridgehead atoms. The summed E-state index contributed by atoms with van der Waals surface area (Å²) in [6, 6.07) is 16.1. The van der Waals surface area contributed by atoms with Gasteiger partial charge in [0.15, 0.2) is 0 Å². The van der Waals surface area contributed by atoms with Crippen LogP contribution in [0, 0.1) is 5.82 Å². The van der Waals surface area contributed by atoms with Crippen LogP contribution in [0.1, 0.15) is 18.4 Å². The van der Waals surface area contributed by atoms with E-state index in [0.717, 1.165) is 27.6 Å². The molecule has 1 saturated heterocycles. The smallest absolute Gasteiger partial charge is 0.406 e. The van der Waals surface area contributed by atoms with E-state index in [0.29, 0.717) is 18.4 Å². The van der Waals surface area contributed by atoms with Crippen LogP contribution in [0.4, 0.5) is 17.6 Å². The molecule has 190 valence electrons. The summed E-state index contributed by atoms with van der Waals surface area (Å²) >= 11 is 0. The largest absolute Gasteiger partial charge is 0.573 e. The van der Waals surface area contributed by atoms with E-state index in [-0.39, 0.29) is 23.7 Å². The molecule has 0 aromatic heterocycles. The highest BCUT2D eigenvalue weighted by molar-refractivity contribution is 7.89. The van der Waals surface area contributed by atoms with Gasteiger partial charge in [-0.15, -0.1) is 13.2 Å². The van der Waals surface area contributed by atoms with Gasteiger partial charge in [-0.1, -0.05) is 30.3 Å². The van der Waals surface area contributed by atoms with Gasteiger partial charge in [0, 0.05) is 13.1 Å². The fourth-order valence-electron chi connectivity index (χ4n) is 4.05. The molecular weight excluding hydrogens is 500 g/mol. The van der Waals surface area contributed by atoms with Crippen molar-refractivity contribution in [2.45, 2.75) is 36.7 Å². The molecule has 0 spiro atoms. The Morgan fingerprint density at radius 3 is 2.36 bits per heavy atom. The summed E-state index contributed by atoms with van der Waals surface area (Å²) < 4.78 is 81.3. The summed E-state index contributed by atoms with van der Waals surface area (Å²) in [5.41, 5.74) is 2.11. The molecule has 1 aliphatic rings. The maximum absolute atomic E-state index is 13.2. The Bertz CT molecular complexity index is 1330. The molecule has 3 aromatic carbocycles. The zero-order valence-electron chi connectivity index (χ0n) is 18.8. The maximum Gasteiger partial charge on any atom is 0.573 e. The normalized spacial score (nSPS) is 16.6. The van der Waals surface area contributed by atoms with Gasteiger partial charge in [0.2, 0.25) is 15.9 Å². The van der Waals surface area contributed by atoms with Crippen LogP contribution >= 0.6 is 0 Å². The molecule has 6 nitrogen and oxygen atoms in total. The quantitative estimate of drug-likeness (QED) is 0.450. The lowest BCUT2D eigenvalue weighted by Crippen LogP contribution is -2.45. The Hall–Kier alpha value is -3.44. The monoisotopic (exact) mass is 522 g/mol. The molecule has 4 rings (SSSR count). The van der Waals surface area contributed by atoms with Gasteiger partial charge in [0.25, 0.3) is 0 Å². The molecule has 3 aromatic rings. The molecule has 1 aliphatic heterocycles. The maximum atomic E-state index is 13.2. The number of sulfonamides is 1. The number of rotatable bonds is 7. The number of nitrogens with one attached hydrogen (secondary N) is 1. The number of benzene rings is 3. The first kappa shape index (κ1) is 25.6. The molecule has 0 aliphatic carbocycles. The van der Waals surface area contributed by atoms with Gasteiger partial charge < -0.3 is 10.1 Å². The highest BCUT2D eigenvalue weighted by Crippen LogP contribution is 2.28. The minimum absolute atomic E-state index is 0.0806. The number of hydrogen-bond acceptors (Lipinski definition) is 4. The van der Waals surface area contributed by atoms with Crippen molar-refractivity contribution >= 4 is 15.9 Å². The van der Waals surface area contributed by atoms with Crippen LogP contribution in [0.3, 0.4) is 0 Å². The fourth-order valence-corrected chi connectivity index (χ4v) is 5.71. The highest BCUT2D eigenvalue weighted by Gasteiger charge is 2.39. The van der Waals surface area contributed by atoms with E-state index in [1.807, 2.05) is 0 Å². The second-order valence-corrected chi connectivity index (χ2v) is 10.1. The van der Waals surface area contributed by atoms with E-state index < -0.39 is 34.2 Å². The highest BCUT2D eigenvalue weighted by atomic mass is 32.2. The Kier molecular flexibility index (Phi) is 7.32. The number of hydrogen-bond donors (Lipinski definition) is 1. The predicted octanol–water partition coefficient (Wildman–Crippen LogP) is 4.86. The average molecular weight is 523 g/mol. The van der Waals surface area contributed by atoms with E-state index >= 15 is 0 Å². The third-order valence-electron chi connectivity index (χ3n) is 5.74. The van der Waals surface area contributed by atoms with E-state index in [1.54, 1.807) is 24.3 Å². The number of ether oxygens (including phenoxy) is 1. The number of carbonyl (C=O) groups excluding carboxylic acids is 1. The SMILES string of the molecule is O=C(NCc1cccc(-c2ccc(OC(F)(F)F)cc2)c1)[C@@H]1CCCN1S(=O)(=O)c1ccc(F)cc1. The van der Waals surface area contributed by atoms with Crippen molar-refractivity contribution in [3.8, 4) is 16.9 Å². The van der Waals surface area contributed by atoms with Crippen LogP contribution in [0.25, 0.3) is 11.1 Å². The third kappa shape index (κ3) is 6.03. The van der Waals surface area contributed by atoms with Gasteiger partial charge in [-0.25, -0.2) is 12.8 Å². The summed E-state index contributed by atoms with van der Waals surface area (Å²) in [7, 11) is -3.97. The van der Waals surface area contributed by atoms with Gasteiger partial charge in [-0.3, -0.25) is 4.79 Å². The van der Waals surface area contributed by atoms with E-state index in [1.165, 1.54) is 36.4 Å². The van der Waals surface area contributed by atoms with Crippen LogP contribution in [-0.2, 0) is 21.4 Å². The summed E-state index contributed by atoms with van der Waals surface area (Å²) in [4.78, 5) is 12.8. The van der Waals surface area contributed by atoms with Crippen molar-refractivity contribution in [2.24, 2.45) is 0 Å². The van der Waals surface area contributed by atoms with Gasteiger partial charge in [-0.2, -0.15) is 4.31 Å². The Balaban J connectivity index is 1.42. The van der Waals surface area contributed by atoms with Crippen molar-refractivity contribution in [3.05, 3.63) is 84.2 Å². The van der Waals surface area contributed by atoms with E-state index in [2.05, 4.69) is 10.1 Å².